The van der Waals surface area contributed by atoms with Crippen LogP contribution in [-0.2, 0) is 0 Å². The van der Waals surface area contributed by atoms with Crippen LogP contribution in [0.4, 0.5) is 0 Å². The highest BCUT2D eigenvalue weighted by Gasteiger charge is 2.18. The van der Waals surface area contributed by atoms with Gasteiger partial charge in [0.15, 0.2) is 5.69 Å². The lowest BCUT2D eigenvalue weighted by Crippen LogP contribution is -1.99. The van der Waals surface area contributed by atoms with Crippen LogP contribution in [0, 0.1) is 6.92 Å². The Morgan fingerprint density at radius 2 is 2.24 bits per heavy atom. The van der Waals surface area contributed by atoms with Crippen molar-refractivity contribution in [2.75, 3.05) is 7.11 Å². The van der Waals surface area contributed by atoms with Gasteiger partial charge in [-0.3, -0.25) is 5.10 Å². The zero-order valence-corrected chi connectivity index (χ0v) is 9.52. The molecule has 1 aromatic heterocycles. The van der Waals surface area contributed by atoms with E-state index in [1.165, 1.54) is 0 Å². The maximum absolute atomic E-state index is 11.0. The number of ether oxygens (including phenoxy) is 1. The Morgan fingerprint density at radius 3 is 2.88 bits per heavy atom. The standard InChI is InChI=1S/C12H12N2O3/c1-7-10(11(12(15)16)14-13-7)8-4-3-5-9(6-8)17-2/h3-6H,1-2H3,(H,13,14)(H,15,16). The molecule has 0 unspecified atom stereocenters. The summed E-state index contributed by atoms with van der Waals surface area (Å²) in [5, 5.41) is 15.5. The molecule has 2 N–H and O–H groups in total. The number of H-pyrrole nitrogens is 1. The van der Waals surface area contributed by atoms with E-state index in [1.54, 1.807) is 26.2 Å². The maximum Gasteiger partial charge on any atom is 0.357 e. The van der Waals surface area contributed by atoms with Gasteiger partial charge in [-0.1, -0.05) is 12.1 Å². The SMILES string of the molecule is COc1cccc(-c2c(C(=O)O)n[nH]c2C)c1. The fourth-order valence-corrected chi connectivity index (χ4v) is 1.72. The molecule has 0 bridgehead atoms. The molecule has 0 saturated heterocycles. The molecule has 88 valence electrons. The molecule has 0 radical (unpaired) electrons. The van der Waals surface area contributed by atoms with Crippen molar-refractivity contribution < 1.29 is 14.6 Å². The molecule has 5 heteroatoms. The lowest BCUT2D eigenvalue weighted by Gasteiger charge is -2.04. The number of hydrogen-bond donors (Lipinski definition) is 2. The van der Waals surface area contributed by atoms with Gasteiger partial charge in [-0.05, 0) is 24.6 Å². The molecule has 0 fully saturated rings. The Hall–Kier alpha value is -2.30. The van der Waals surface area contributed by atoms with Gasteiger partial charge < -0.3 is 9.84 Å². The molecule has 0 aliphatic carbocycles. The summed E-state index contributed by atoms with van der Waals surface area (Å²) >= 11 is 0. The molecule has 0 spiro atoms. The minimum atomic E-state index is -1.05. The number of carbonyl (C=O) groups is 1. The molecule has 0 amide bonds. The van der Waals surface area contributed by atoms with E-state index >= 15 is 0 Å². The maximum atomic E-state index is 11.0. The molecular weight excluding hydrogens is 220 g/mol. The molecule has 17 heavy (non-hydrogen) atoms. The summed E-state index contributed by atoms with van der Waals surface area (Å²) in [5.41, 5.74) is 2.11. The van der Waals surface area contributed by atoms with Crippen LogP contribution < -0.4 is 4.74 Å². The molecule has 0 saturated carbocycles. The van der Waals surface area contributed by atoms with Crippen molar-refractivity contribution in [1.29, 1.82) is 0 Å². The van der Waals surface area contributed by atoms with Crippen molar-refractivity contribution in [2.45, 2.75) is 6.92 Å². The van der Waals surface area contributed by atoms with Crippen molar-refractivity contribution in [3.05, 3.63) is 35.7 Å². The Labute approximate surface area is 98.0 Å². The number of aromatic amines is 1. The van der Waals surface area contributed by atoms with Crippen molar-refractivity contribution in [3.8, 4) is 16.9 Å². The summed E-state index contributed by atoms with van der Waals surface area (Å²) < 4.78 is 5.12. The lowest BCUT2D eigenvalue weighted by molar-refractivity contribution is 0.0691. The van der Waals surface area contributed by atoms with Crippen LogP contribution in [0.25, 0.3) is 11.1 Å². The number of aryl methyl sites for hydroxylation is 1. The summed E-state index contributed by atoms with van der Waals surface area (Å²) in [6, 6.07) is 7.22. The highest BCUT2D eigenvalue weighted by molar-refractivity contribution is 5.94. The number of nitrogens with zero attached hydrogens (tertiary/aromatic N) is 1. The summed E-state index contributed by atoms with van der Waals surface area (Å²) in [4.78, 5) is 11.0. The predicted octanol–water partition coefficient (Wildman–Crippen LogP) is 2.09. The summed E-state index contributed by atoms with van der Waals surface area (Å²) in [7, 11) is 1.57. The number of aromatic carboxylic acids is 1. The summed E-state index contributed by atoms with van der Waals surface area (Å²) in [6.07, 6.45) is 0. The average molecular weight is 232 g/mol. The van der Waals surface area contributed by atoms with Crippen LogP contribution in [0.2, 0.25) is 0 Å². The van der Waals surface area contributed by atoms with Crippen molar-refractivity contribution >= 4 is 5.97 Å². The van der Waals surface area contributed by atoms with E-state index in [0.29, 0.717) is 11.3 Å². The third kappa shape index (κ3) is 1.99. The van der Waals surface area contributed by atoms with Crippen LogP contribution in [0.15, 0.2) is 24.3 Å². The van der Waals surface area contributed by atoms with E-state index in [2.05, 4.69) is 10.2 Å². The minimum absolute atomic E-state index is 0.0238. The van der Waals surface area contributed by atoms with E-state index in [-0.39, 0.29) is 5.69 Å². The highest BCUT2D eigenvalue weighted by atomic mass is 16.5. The van der Waals surface area contributed by atoms with Gasteiger partial charge in [0.25, 0.3) is 0 Å². The third-order valence-corrected chi connectivity index (χ3v) is 2.51. The van der Waals surface area contributed by atoms with E-state index in [4.69, 9.17) is 9.84 Å². The second kappa shape index (κ2) is 4.29. The lowest BCUT2D eigenvalue weighted by atomic mass is 10.0. The van der Waals surface area contributed by atoms with E-state index < -0.39 is 5.97 Å². The number of hydrogen-bond acceptors (Lipinski definition) is 3. The van der Waals surface area contributed by atoms with E-state index in [0.717, 1.165) is 11.3 Å². The van der Waals surface area contributed by atoms with Gasteiger partial charge in [-0.25, -0.2) is 4.79 Å². The zero-order valence-electron chi connectivity index (χ0n) is 9.52. The van der Waals surface area contributed by atoms with Gasteiger partial charge in [0, 0.05) is 11.3 Å². The number of benzene rings is 1. The van der Waals surface area contributed by atoms with Gasteiger partial charge >= 0.3 is 5.97 Å². The third-order valence-electron chi connectivity index (χ3n) is 2.51. The van der Waals surface area contributed by atoms with E-state index in [1.807, 2.05) is 12.1 Å². The van der Waals surface area contributed by atoms with E-state index in [9.17, 15) is 4.79 Å². The molecule has 1 heterocycles. The number of methoxy groups -OCH3 is 1. The minimum Gasteiger partial charge on any atom is -0.497 e. The monoisotopic (exact) mass is 232 g/mol. The Balaban J connectivity index is 2.59. The Kier molecular flexibility index (Phi) is 2.82. The van der Waals surface area contributed by atoms with Gasteiger partial charge in [-0.15, -0.1) is 0 Å². The topological polar surface area (TPSA) is 75.2 Å². The Morgan fingerprint density at radius 1 is 1.47 bits per heavy atom. The number of aromatic nitrogens is 2. The van der Waals surface area contributed by atoms with Gasteiger partial charge in [0.05, 0.1) is 7.11 Å². The zero-order chi connectivity index (χ0) is 12.4. The van der Waals surface area contributed by atoms with Crippen LogP contribution >= 0.6 is 0 Å². The molecule has 0 aliphatic heterocycles. The summed E-state index contributed by atoms with van der Waals surface area (Å²) in [6.45, 7) is 1.79. The molecule has 2 rings (SSSR count). The highest BCUT2D eigenvalue weighted by Crippen LogP contribution is 2.28. The smallest absolute Gasteiger partial charge is 0.357 e. The largest absolute Gasteiger partial charge is 0.497 e. The second-order valence-electron chi connectivity index (χ2n) is 3.61. The average Bonchev–Trinajstić information content (AvgIpc) is 2.71. The number of nitrogens with one attached hydrogen (secondary N) is 1. The molecule has 2 aromatic rings. The van der Waals surface area contributed by atoms with Crippen molar-refractivity contribution in [2.24, 2.45) is 0 Å². The fraction of sp³-hybridized carbons (Fsp3) is 0.167. The predicted molar refractivity (Wildman–Crippen MR) is 62.3 cm³/mol. The van der Waals surface area contributed by atoms with Crippen molar-refractivity contribution in [3.63, 3.8) is 0 Å². The first-order valence-corrected chi connectivity index (χ1v) is 5.06. The number of carboxylic acid groups (broad SMARTS) is 1. The first-order chi connectivity index (χ1) is 8.13. The normalized spacial score (nSPS) is 10.2. The quantitative estimate of drug-likeness (QED) is 0.849. The van der Waals surface area contributed by atoms with Gasteiger partial charge in [0.1, 0.15) is 5.75 Å². The fourth-order valence-electron chi connectivity index (χ4n) is 1.72. The molecule has 0 aliphatic rings. The first-order valence-electron chi connectivity index (χ1n) is 5.06. The molecule has 1 aromatic carbocycles. The Bertz CT molecular complexity index is 561. The number of rotatable bonds is 3. The van der Waals surface area contributed by atoms with Crippen LogP contribution in [0.3, 0.4) is 0 Å². The van der Waals surface area contributed by atoms with Gasteiger partial charge in [0.2, 0.25) is 0 Å². The van der Waals surface area contributed by atoms with Crippen LogP contribution in [0.1, 0.15) is 16.2 Å². The van der Waals surface area contributed by atoms with Crippen LogP contribution in [0.5, 0.6) is 5.75 Å². The summed E-state index contributed by atoms with van der Waals surface area (Å²) in [5.74, 6) is -0.369. The second-order valence-corrected chi connectivity index (χ2v) is 3.61. The number of carboxylic acids is 1. The van der Waals surface area contributed by atoms with Crippen LogP contribution in [-0.4, -0.2) is 28.4 Å². The van der Waals surface area contributed by atoms with Crippen molar-refractivity contribution in [1.82, 2.24) is 10.2 Å². The first kappa shape index (κ1) is 11.2. The molecular formula is C12H12N2O3. The molecule has 5 nitrogen and oxygen atoms in total. The van der Waals surface area contributed by atoms with Gasteiger partial charge in [-0.2, -0.15) is 5.10 Å². The molecule has 0 atom stereocenters.